The van der Waals surface area contributed by atoms with Gasteiger partial charge in [-0.1, -0.05) is 19.1 Å². The zero-order valence-electron chi connectivity index (χ0n) is 22.6. The minimum Gasteiger partial charge on any atom is -0.465 e. The first-order chi connectivity index (χ1) is 18.9. The lowest BCUT2D eigenvalue weighted by Crippen LogP contribution is -2.33. The van der Waals surface area contributed by atoms with Crippen LogP contribution in [0.15, 0.2) is 41.2 Å². The Morgan fingerprint density at radius 1 is 1.13 bits per heavy atom. The standard InChI is InChI=1S/C28H32N6O5/c1-5-23(27-30-31-32-34(27)15-26(35)37-6-2)33(13-19-7-8-24-25(11-19)39-16-38-24)14-20-12-21-18(4)9-17(3)10-22(21)29-28(20)36/h7-12,23H,5-6,13-16H2,1-4H3,(H,29,36). The number of H-pyrrole nitrogens is 1. The van der Waals surface area contributed by atoms with Crippen LogP contribution in [-0.2, 0) is 29.2 Å². The average molecular weight is 533 g/mol. The zero-order chi connectivity index (χ0) is 27.5. The lowest BCUT2D eigenvalue weighted by atomic mass is 10.0. The largest absolute Gasteiger partial charge is 0.465 e. The summed E-state index contributed by atoms with van der Waals surface area (Å²) in [5, 5.41) is 13.2. The zero-order valence-corrected chi connectivity index (χ0v) is 22.6. The molecule has 0 aliphatic carbocycles. The molecule has 1 aliphatic rings. The smallest absolute Gasteiger partial charge is 0.327 e. The number of carbonyl (C=O) groups excluding carboxylic acids is 1. The van der Waals surface area contributed by atoms with Crippen molar-refractivity contribution < 1.29 is 19.0 Å². The number of aromatic amines is 1. The Balaban J connectivity index is 1.53. The van der Waals surface area contributed by atoms with Crippen LogP contribution < -0.4 is 15.0 Å². The number of esters is 1. The fourth-order valence-electron chi connectivity index (χ4n) is 5.10. The van der Waals surface area contributed by atoms with E-state index >= 15 is 0 Å². The molecule has 11 nitrogen and oxygen atoms in total. The summed E-state index contributed by atoms with van der Waals surface area (Å²) in [6, 6.07) is 11.6. The number of benzene rings is 2. The Morgan fingerprint density at radius 3 is 2.74 bits per heavy atom. The molecule has 5 rings (SSSR count). The number of aryl methyl sites for hydroxylation is 2. The van der Waals surface area contributed by atoms with Crippen molar-refractivity contribution in [3.8, 4) is 11.5 Å². The number of ether oxygens (including phenoxy) is 3. The number of hydrogen-bond acceptors (Lipinski definition) is 9. The number of nitrogens with zero attached hydrogens (tertiary/aromatic N) is 5. The van der Waals surface area contributed by atoms with E-state index in [4.69, 9.17) is 14.2 Å². The van der Waals surface area contributed by atoms with Crippen molar-refractivity contribution in [1.29, 1.82) is 0 Å². The van der Waals surface area contributed by atoms with Crippen molar-refractivity contribution in [3.05, 3.63) is 74.8 Å². The van der Waals surface area contributed by atoms with E-state index in [1.165, 1.54) is 4.68 Å². The molecule has 2 aromatic carbocycles. The molecule has 0 bridgehead atoms. The molecule has 1 N–H and O–H groups in total. The summed E-state index contributed by atoms with van der Waals surface area (Å²) in [5.74, 6) is 1.49. The molecule has 1 atom stereocenters. The van der Waals surface area contributed by atoms with Gasteiger partial charge in [0.15, 0.2) is 17.3 Å². The monoisotopic (exact) mass is 532 g/mol. The molecule has 0 radical (unpaired) electrons. The first kappa shape index (κ1) is 26.4. The van der Waals surface area contributed by atoms with E-state index in [-0.39, 0.29) is 31.5 Å². The van der Waals surface area contributed by atoms with Crippen LogP contribution in [0.2, 0.25) is 0 Å². The number of fused-ring (bicyclic) bond motifs is 2. The highest BCUT2D eigenvalue weighted by Gasteiger charge is 2.27. The SMILES string of the molecule is CCOC(=O)Cn1nnnc1C(CC)N(Cc1ccc2c(c1)OCO2)Cc1cc2c(C)cc(C)cc2[nH]c1=O. The maximum atomic E-state index is 13.3. The highest BCUT2D eigenvalue weighted by molar-refractivity contribution is 5.83. The van der Waals surface area contributed by atoms with Crippen molar-refractivity contribution in [1.82, 2.24) is 30.1 Å². The van der Waals surface area contributed by atoms with Crippen LogP contribution >= 0.6 is 0 Å². The molecule has 2 aromatic heterocycles. The van der Waals surface area contributed by atoms with Gasteiger partial charge in [-0.2, -0.15) is 0 Å². The lowest BCUT2D eigenvalue weighted by Gasteiger charge is -2.30. The maximum absolute atomic E-state index is 13.3. The Kier molecular flexibility index (Phi) is 7.60. The summed E-state index contributed by atoms with van der Waals surface area (Å²) in [5.41, 5.74) is 4.45. The predicted molar refractivity (Wildman–Crippen MR) is 143 cm³/mol. The Labute approximate surface area is 225 Å². The van der Waals surface area contributed by atoms with E-state index < -0.39 is 5.97 Å². The van der Waals surface area contributed by atoms with Gasteiger partial charge in [-0.3, -0.25) is 14.5 Å². The van der Waals surface area contributed by atoms with Crippen LogP contribution in [0.1, 0.15) is 54.4 Å². The molecule has 0 saturated carbocycles. The topological polar surface area (TPSA) is 124 Å². The third kappa shape index (κ3) is 5.63. The average Bonchev–Trinajstić information content (AvgIpc) is 3.54. The van der Waals surface area contributed by atoms with Gasteiger partial charge in [0.2, 0.25) is 6.79 Å². The Hall–Kier alpha value is -4.25. The third-order valence-corrected chi connectivity index (χ3v) is 6.86. The van der Waals surface area contributed by atoms with E-state index in [1.807, 2.05) is 51.1 Å². The van der Waals surface area contributed by atoms with E-state index in [2.05, 4.69) is 31.5 Å². The summed E-state index contributed by atoms with van der Waals surface area (Å²) in [6.07, 6.45) is 0.636. The molecule has 1 unspecified atom stereocenters. The lowest BCUT2D eigenvalue weighted by molar-refractivity contribution is -0.144. The number of rotatable bonds is 10. The third-order valence-electron chi connectivity index (χ3n) is 6.86. The van der Waals surface area contributed by atoms with Crippen LogP contribution in [0.5, 0.6) is 11.5 Å². The molecule has 0 saturated heterocycles. The van der Waals surface area contributed by atoms with Crippen molar-refractivity contribution in [2.24, 2.45) is 0 Å². The highest BCUT2D eigenvalue weighted by atomic mass is 16.7. The van der Waals surface area contributed by atoms with Gasteiger partial charge in [-0.05, 0) is 78.6 Å². The fourth-order valence-corrected chi connectivity index (χ4v) is 5.10. The van der Waals surface area contributed by atoms with Crippen LogP contribution in [0.4, 0.5) is 0 Å². The summed E-state index contributed by atoms with van der Waals surface area (Å²) < 4.78 is 17.6. The number of aromatic nitrogens is 5. The molecular weight excluding hydrogens is 500 g/mol. The van der Waals surface area contributed by atoms with Gasteiger partial charge in [0.25, 0.3) is 5.56 Å². The van der Waals surface area contributed by atoms with Gasteiger partial charge in [-0.25, -0.2) is 4.68 Å². The number of pyridine rings is 1. The maximum Gasteiger partial charge on any atom is 0.327 e. The first-order valence-corrected chi connectivity index (χ1v) is 13.0. The van der Waals surface area contributed by atoms with Crippen molar-refractivity contribution >= 4 is 16.9 Å². The van der Waals surface area contributed by atoms with E-state index in [0.717, 1.165) is 27.6 Å². The molecule has 204 valence electrons. The minimum absolute atomic E-state index is 0.0976. The van der Waals surface area contributed by atoms with Gasteiger partial charge >= 0.3 is 5.97 Å². The molecule has 0 amide bonds. The molecular formula is C28H32N6O5. The van der Waals surface area contributed by atoms with Gasteiger partial charge in [0.1, 0.15) is 6.54 Å². The summed E-state index contributed by atoms with van der Waals surface area (Å²) in [7, 11) is 0. The fraction of sp³-hybridized carbons (Fsp3) is 0.393. The van der Waals surface area contributed by atoms with Crippen LogP contribution in [-0.4, -0.2) is 49.5 Å². The molecule has 0 fully saturated rings. The summed E-state index contributed by atoms with van der Waals surface area (Å²) in [6.45, 7) is 9.01. The molecule has 0 spiro atoms. The van der Waals surface area contributed by atoms with Gasteiger partial charge in [0, 0.05) is 29.6 Å². The van der Waals surface area contributed by atoms with Crippen molar-refractivity contribution in [3.63, 3.8) is 0 Å². The second-order valence-electron chi connectivity index (χ2n) is 9.68. The number of hydrogen-bond donors (Lipinski definition) is 1. The second-order valence-corrected chi connectivity index (χ2v) is 9.68. The summed E-state index contributed by atoms with van der Waals surface area (Å²) >= 11 is 0. The highest BCUT2D eigenvalue weighted by Crippen LogP contribution is 2.34. The first-order valence-electron chi connectivity index (χ1n) is 13.0. The predicted octanol–water partition coefficient (Wildman–Crippen LogP) is 3.58. The molecule has 39 heavy (non-hydrogen) atoms. The Bertz CT molecular complexity index is 1560. The number of nitrogens with one attached hydrogen (secondary N) is 1. The van der Waals surface area contributed by atoms with Crippen LogP contribution in [0.3, 0.4) is 0 Å². The van der Waals surface area contributed by atoms with Crippen molar-refractivity contribution in [2.75, 3.05) is 13.4 Å². The normalized spacial score (nSPS) is 13.3. The molecule has 3 heterocycles. The van der Waals surface area contributed by atoms with Gasteiger partial charge in [0.05, 0.1) is 12.6 Å². The van der Waals surface area contributed by atoms with Crippen LogP contribution in [0.25, 0.3) is 10.9 Å². The van der Waals surface area contributed by atoms with Gasteiger partial charge in [-0.15, -0.1) is 5.10 Å². The van der Waals surface area contributed by atoms with E-state index in [9.17, 15) is 9.59 Å². The molecule has 1 aliphatic heterocycles. The molecule has 11 heteroatoms. The van der Waals surface area contributed by atoms with Gasteiger partial charge < -0.3 is 19.2 Å². The summed E-state index contributed by atoms with van der Waals surface area (Å²) in [4.78, 5) is 30.7. The van der Waals surface area contributed by atoms with Crippen LogP contribution in [0, 0.1) is 13.8 Å². The number of carbonyl (C=O) groups is 1. The minimum atomic E-state index is -0.417. The number of tetrazole rings is 1. The van der Waals surface area contributed by atoms with Crippen molar-refractivity contribution in [2.45, 2.75) is 59.8 Å². The Morgan fingerprint density at radius 2 is 1.95 bits per heavy atom. The molecule has 4 aromatic rings. The van der Waals surface area contributed by atoms with E-state index in [0.29, 0.717) is 42.4 Å². The van der Waals surface area contributed by atoms with E-state index in [1.54, 1.807) is 6.92 Å². The quantitative estimate of drug-likeness (QED) is 0.305. The second kappa shape index (κ2) is 11.2.